The molecule has 0 aliphatic heterocycles. The van der Waals surface area contributed by atoms with Gasteiger partial charge in [0.1, 0.15) is 12.4 Å². The molecule has 24 heavy (non-hydrogen) atoms. The normalized spacial score (nSPS) is 10.4. The largest absolute Gasteiger partial charge is 0.489 e. The van der Waals surface area contributed by atoms with Crippen LogP contribution in [0.25, 0.3) is 0 Å². The molecular formula is C21H20ClNO. The molecule has 122 valence electrons. The number of rotatable bonds is 6. The van der Waals surface area contributed by atoms with Gasteiger partial charge in [-0.25, -0.2) is 0 Å². The van der Waals surface area contributed by atoms with Crippen LogP contribution in [0.1, 0.15) is 16.7 Å². The van der Waals surface area contributed by atoms with Crippen LogP contribution in [0.5, 0.6) is 5.75 Å². The minimum Gasteiger partial charge on any atom is -0.489 e. The van der Waals surface area contributed by atoms with Crippen molar-refractivity contribution in [3.63, 3.8) is 0 Å². The first-order valence-electron chi connectivity index (χ1n) is 7.96. The van der Waals surface area contributed by atoms with Crippen molar-refractivity contribution in [3.8, 4) is 5.75 Å². The van der Waals surface area contributed by atoms with Gasteiger partial charge in [0.15, 0.2) is 0 Å². The summed E-state index contributed by atoms with van der Waals surface area (Å²) in [5.74, 6) is 0.851. The Bertz CT molecular complexity index is 802. The molecule has 0 bridgehead atoms. The molecule has 2 nitrogen and oxygen atoms in total. The summed E-state index contributed by atoms with van der Waals surface area (Å²) in [5.41, 5.74) is 4.51. The summed E-state index contributed by atoms with van der Waals surface area (Å²) in [6, 6.07) is 24.2. The molecule has 3 aromatic carbocycles. The number of ether oxygens (including phenoxy) is 1. The highest BCUT2D eigenvalue weighted by Gasteiger charge is 2.06. The summed E-state index contributed by atoms with van der Waals surface area (Å²) < 4.78 is 6.02. The van der Waals surface area contributed by atoms with Crippen molar-refractivity contribution >= 4 is 17.3 Å². The van der Waals surface area contributed by atoms with E-state index in [1.54, 1.807) is 0 Å². The number of anilines is 1. The maximum absolute atomic E-state index is 6.15. The maximum Gasteiger partial charge on any atom is 0.124 e. The molecule has 0 saturated heterocycles. The summed E-state index contributed by atoms with van der Waals surface area (Å²) in [4.78, 5) is 0. The first-order valence-corrected chi connectivity index (χ1v) is 8.34. The van der Waals surface area contributed by atoms with Gasteiger partial charge < -0.3 is 10.1 Å². The van der Waals surface area contributed by atoms with E-state index in [1.165, 1.54) is 5.56 Å². The third kappa shape index (κ3) is 4.53. The fraction of sp³-hybridized carbons (Fsp3) is 0.143. The van der Waals surface area contributed by atoms with Crippen molar-refractivity contribution in [1.29, 1.82) is 0 Å². The van der Waals surface area contributed by atoms with Crippen LogP contribution in [0.4, 0.5) is 5.69 Å². The number of nitrogens with one attached hydrogen (secondary N) is 1. The molecule has 3 rings (SSSR count). The lowest BCUT2D eigenvalue weighted by Gasteiger charge is -2.14. The second kappa shape index (κ2) is 7.89. The van der Waals surface area contributed by atoms with Crippen molar-refractivity contribution in [2.24, 2.45) is 0 Å². The standard InChI is InChI=1S/C21H20ClNO/c1-16-6-5-7-17(12-16)15-24-21-11-10-19(22)13-18(21)14-23-20-8-3-2-4-9-20/h2-13,23H,14-15H2,1H3. The fourth-order valence-corrected chi connectivity index (χ4v) is 2.74. The molecule has 0 saturated carbocycles. The summed E-state index contributed by atoms with van der Waals surface area (Å²) in [7, 11) is 0. The van der Waals surface area contributed by atoms with Crippen molar-refractivity contribution in [3.05, 3.63) is 94.5 Å². The first-order chi connectivity index (χ1) is 11.7. The molecule has 0 heterocycles. The van der Waals surface area contributed by atoms with Crippen LogP contribution in [0, 0.1) is 6.92 Å². The number of halogens is 1. The minimum atomic E-state index is 0.543. The Balaban J connectivity index is 1.70. The topological polar surface area (TPSA) is 21.3 Å². The SMILES string of the molecule is Cc1cccc(COc2ccc(Cl)cc2CNc2ccccc2)c1. The van der Waals surface area contributed by atoms with Gasteiger partial charge in [0, 0.05) is 22.8 Å². The zero-order chi connectivity index (χ0) is 16.8. The molecule has 0 unspecified atom stereocenters. The molecule has 0 atom stereocenters. The highest BCUT2D eigenvalue weighted by Crippen LogP contribution is 2.25. The van der Waals surface area contributed by atoms with Gasteiger partial charge in [-0.05, 0) is 42.8 Å². The smallest absolute Gasteiger partial charge is 0.124 e. The summed E-state index contributed by atoms with van der Waals surface area (Å²) in [6.45, 7) is 3.29. The number of hydrogen-bond donors (Lipinski definition) is 1. The molecule has 0 radical (unpaired) electrons. The van der Waals surface area contributed by atoms with E-state index in [2.05, 4.69) is 30.4 Å². The Labute approximate surface area is 148 Å². The van der Waals surface area contributed by atoms with E-state index in [-0.39, 0.29) is 0 Å². The van der Waals surface area contributed by atoms with E-state index in [4.69, 9.17) is 16.3 Å². The van der Waals surface area contributed by atoms with Crippen LogP contribution >= 0.6 is 11.6 Å². The van der Waals surface area contributed by atoms with E-state index in [0.29, 0.717) is 18.2 Å². The Kier molecular flexibility index (Phi) is 5.39. The Morgan fingerprint density at radius 3 is 2.54 bits per heavy atom. The van der Waals surface area contributed by atoms with E-state index in [0.717, 1.165) is 22.6 Å². The second-order valence-electron chi connectivity index (χ2n) is 5.75. The molecule has 3 heteroatoms. The zero-order valence-electron chi connectivity index (χ0n) is 13.6. The van der Waals surface area contributed by atoms with Gasteiger partial charge in [-0.1, -0.05) is 59.6 Å². The van der Waals surface area contributed by atoms with E-state index >= 15 is 0 Å². The Morgan fingerprint density at radius 2 is 1.75 bits per heavy atom. The van der Waals surface area contributed by atoms with Crippen LogP contribution in [0.3, 0.4) is 0 Å². The molecule has 0 aliphatic rings. The van der Waals surface area contributed by atoms with Gasteiger partial charge in [0.05, 0.1) is 0 Å². The fourth-order valence-electron chi connectivity index (χ4n) is 2.54. The lowest BCUT2D eigenvalue weighted by atomic mass is 10.1. The molecular weight excluding hydrogens is 318 g/mol. The quantitative estimate of drug-likeness (QED) is 0.610. The monoisotopic (exact) mass is 337 g/mol. The average Bonchev–Trinajstić information content (AvgIpc) is 2.60. The number of aryl methyl sites for hydroxylation is 1. The van der Waals surface area contributed by atoms with Gasteiger partial charge in [-0.2, -0.15) is 0 Å². The number of benzene rings is 3. The highest BCUT2D eigenvalue weighted by molar-refractivity contribution is 6.30. The summed E-state index contributed by atoms with van der Waals surface area (Å²) in [6.07, 6.45) is 0. The third-order valence-corrected chi connectivity index (χ3v) is 3.99. The Hall–Kier alpha value is -2.45. The van der Waals surface area contributed by atoms with Crippen molar-refractivity contribution in [1.82, 2.24) is 0 Å². The van der Waals surface area contributed by atoms with Gasteiger partial charge in [-0.3, -0.25) is 0 Å². The molecule has 3 aromatic rings. The van der Waals surface area contributed by atoms with E-state index in [9.17, 15) is 0 Å². The molecule has 0 spiro atoms. The third-order valence-electron chi connectivity index (χ3n) is 3.76. The van der Waals surface area contributed by atoms with Gasteiger partial charge in [0.25, 0.3) is 0 Å². The Morgan fingerprint density at radius 1 is 0.917 bits per heavy atom. The maximum atomic E-state index is 6.15. The van der Waals surface area contributed by atoms with Gasteiger partial charge in [-0.15, -0.1) is 0 Å². The molecule has 0 aliphatic carbocycles. The lowest BCUT2D eigenvalue weighted by molar-refractivity contribution is 0.303. The van der Waals surface area contributed by atoms with Crippen molar-refractivity contribution < 1.29 is 4.74 Å². The van der Waals surface area contributed by atoms with Crippen LogP contribution in [0.2, 0.25) is 5.02 Å². The highest BCUT2D eigenvalue weighted by atomic mass is 35.5. The summed E-state index contributed by atoms with van der Waals surface area (Å²) in [5, 5.41) is 4.11. The molecule has 0 amide bonds. The van der Waals surface area contributed by atoms with Crippen LogP contribution in [-0.4, -0.2) is 0 Å². The van der Waals surface area contributed by atoms with Crippen molar-refractivity contribution in [2.45, 2.75) is 20.1 Å². The first kappa shape index (κ1) is 16.4. The second-order valence-corrected chi connectivity index (χ2v) is 6.19. The molecule has 1 N–H and O–H groups in total. The zero-order valence-corrected chi connectivity index (χ0v) is 14.4. The molecule has 0 aromatic heterocycles. The van der Waals surface area contributed by atoms with E-state index in [1.807, 2.05) is 54.6 Å². The summed E-state index contributed by atoms with van der Waals surface area (Å²) >= 11 is 6.15. The van der Waals surface area contributed by atoms with Gasteiger partial charge >= 0.3 is 0 Å². The van der Waals surface area contributed by atoms with Crippen LogP contribution in [-0.2, 0) is 13.2 Å². The predicted octanol–water partition coefficient (Wildman–Crippen LogP) is 5.84. The van der Waals surface area contributed by atoms with Crippen LogP contribution in [0.15, 0.2) is 72.8 Å². The van der Waals surface area contributed by atoms with Gasteiger partial charge in [0.2, 0.25) is 0 Å². The van der Waals surface area contributed by atoms with Crippen molar-refractivity contribution in [2.75, 3.05) is 5.32 Å². The average molecular weight is 338 g/mol. The number of para-hydroxylation sites is 1. The van der Waals surface area contributed by atoms with Crippen LogP contribution < -0.4 is 10.1 Å². The minimum absolute atomic E-state index is 0.543. The molecule has 0 fully saturated rings. The predicted molar refractivity (Wildman–Crippen MR) is 101 cm³/mol. The lowest BCUT2D eigenvalue weighted by Crippen LogP contribution is -2.04. The number of hydrogen-bond acceptors (Lipinski definition) is 2. The van der Waals surface area contributed by atoms with E-state index < -0.39 is 0 Å².